The van der Waals surface area contributed by atoms with Crippen molar-refractivity contribution in [2.24, 2.45) is 0 Å². The van der Waals surface area contributed by atoms with Gasteiger partial charge in [0.2, 0.25) is 0 Å². The molecule has 0 heterocycles. The third-order valence-corrected chi connectivity index (χ3v) is 1.78. The van der Waals surface area contributed by atoms with Crippen molar-refractivity contribution in [1.82, 2.24) is 0 Å². The SMILES string of the molecule is CC(=O)C1=CCC(Cl)C=C1. The summed E-state index contributed by atoms with van der Waals surface area (Å²) in [6.07, 6.45) is 6.27. The van der Waals surface area contributed by atoms with E-state index in [0.29, 0.717) is 0 Å². The van der Waals surface area contributed by atoms with Crippen LogP contribution in [0.4, 0.5) is 0 Å². The average Bonchev–Trinajstić information content (AvgIpc) is 1.88. The lowest BCUT2D eigenvalue weighted by molar-refractivity contribution is -0.113. The first-order chi connectivity index (χ1) is 4.70. The fraction of sp³-hybridized carbons (Fsp3) is 0.375. The summed E-state index contributed by atoms with van der Waals surface area (Å²) in [5, 5.41) is 0.0723. The Bertz CT molecular complexity index is 203. The van der Waals surface area contributed by atoms with Crippen molar-refractivity contribution < 1.29 is 4.79 Å². The lowest BCUT2D eigenvalue weighted by Gasteiger charge is -2.06. The predicted molar refractivity (Wildman–Crippen MR) is 42.2 cm³/mol. The van der Waals surface area contributed by atoms with Crippen LogP contribution >= 0.6 is 11.6 Å². The Balaban J connectivity index is 2.67. The van der Waals surface area contributed by atoms with E-state index < -0.39 is 0 Å². The number of carbonyl (C=O) groups is 1. The Morgan fingerprint density at radius 1 is 1.80 bits per heavy atom. The Morgan fingerprint density at radius 2 is 2.50 bits per heavy atom. The highest BCUT2D eigenvalue weighted by Crippen LogP contribution is 2.15. The lowest BCUT2D eigenvalue weighted by atomic mass is 10.0. The van der Waals surface area contributed by atoms with E-state index in [-0.39, 0.29) is 11.2 Å². The molecule has 0 aliphatic heterocycles. The molecule has 10 heavy (non-hydrogen) atoms. The number of hydrogen-bond acceptors (Lipinski definition) is 1. The molecule has 1 rings (SSSR count). The Labute approximate surface area is 65.4 Å². The molecule has 0 N–H and O–H groups in total. The molecule has 1 unspecified atom stereocenters. The van der Waals surface area contributed by atoms with Crippen LogP contribution in [0.15, 0.2) is 23.8 Å². The summed E-state index contributed by atoms with van der Waals surface area (Å²) >= 11 is 5.74. The summed E-state index contributed by atoms with van der Waals surface area (Å²) in [6.45, 7) is 1.56. The summed E-state index contributed by atoms with van der Waals surface area (Å²) in [7, 11) is 0. The molecule has 0 fully saturated rings. The number of hydrogen-bond donors (Lipinski definition) is 0. The minimum atomic E-state index is 0.0723. The molecule has 0 aromatic rings. The van der Waals surface area contributed by atoms with Gasteiger partial charge < -0.3 is 0 Å². The van der Waals surface area contributed by atoms with Crippen LogP contribution in [0.3, 0.4) is 0 Å². The van der Waals surface area contributed by atoms with Gasteiger partial charge in [0.25, 0.3) is 0 Å². The molecule has 54 valence electrons. The summed E-state index contributed by atoms with van der Waals surface area (Å²) < 4.78 is 0. The number of rotatable bonds is 1. The minimum absolute atomic E-state index is 0.0723. The number of allylic oxidation sites excluding steroid dienone is 4. The van der Waals surface area contributed by atoms with Gasteiger partial charge in [0.15, 0.2) is 5.78 Å². The van der Waals surface area contributed by atoms with E-state index in [1.54, 1.807) is 13.0 Å². The topological polar surface area (TPSA) is 17.1 Å². The molecule has 1 aliphatic rings. The lowest BCUT2D eigenvalue weighted by Crippen LogP contribution is -2.02. The van der Waals surface area contributed by atoms with Crippen LogP contribution in [0.25, 0.3) is 0 Å². The maximum absolute atomic E-state index is 10.7. The van der Waals surface area contributed by atoms with E-state index in [1.807, 2.05) is 12.2 Å². The number of ketones is 1. The summed E-state index contributed by atoms with van der Waals surface area (Å²) in [5.74, 6) is 0.111. The largest absolute Gasteiger partial charge is 0.295 e. The highest BCUT2D eigenvalue weighted by Gasteiger charge is 2.06. The van der Waals surface area contributed by atoms with Gasteiger partial charge in [-0.05, 0) is 13.3 Å². The van der Waals surface area contributed by atoms with Crippen molar-refractivity contribution in [3.63, 3.8) is 0 Å². The Morgan fingerprint density at radius 3 is 2.90 bits per heavy atom. The van der Waals surface area contributed by atoms with E-state index >= 15 is 0 Å². The average molecular weight is 157 g/mol. The van der Waals surface area contributed by atoms with Gasteiger partial charge in [-0.2, -0.15) is 0 Å². The quantitative estimate of drug-likeness (QED) is 0.532. The van der Waals surface area contributed by atoms with Crippen molar-refractivity contribution in [3.8, 4) is 0 Å². The van der Waals surface area contributed by atoms with Gasteiger partial charge in [-0.25, -0.2) is 0 Å². The minimum Gasteiger partial charge on any atom is -0.295 e. The molecule has 0 aromatic carbocycles. The predicted octanol–water partition coefficient (Wildman–Crippen LogP) is 2.07. The van der Waals surface area contributed by atoms with Crippen LogP contribution in [0, 0.1) is 0 Å². The van der Waals surface area contributed by atoms with Crippen molar-refractivity contribution in [2.75, 3.05) is 0 Å². The van der Waals surface area contributed by atoms with Gasteiger partial charge in [0, 0.05) is 5.57 Å². The van der Waals surface area contributed by atoms with Crippen LogP contribution in [0.2, 0.25) is 0 Å². The first kappa shape index (κ1) is 7.55. The summed E-state index contributed by atoms with van der Waals surface area (Å²) in [6, 6.07) is 0. The number of Topliss-reactive ketones (excluding diaryl/α,β-unsaturated/α-hetero) is 1. The zero-order valence-corrected chi connectivity index (χ0v) is 6.56. The molecule has 0 saturated carbocycles. The smallest absolute Gasteiger partial charge is 0.159 e. The van der Waals surface area contributed by atoms with Gasteiger partial charge in [-0.1, -0.05) is 18.2 Å². The molecule has 0 amide bonds. The molecule has 0 aromatic heterocycles. The molecule has 2 heteroatoms. The van der Waals surface area contributed by atoms with Gasteiger partial charge >= 0.3 is 0 Å². The molecule has 1 atom stereocenters. The van der Waals surface area contributed by atoms with Crippen LogP contribution in [-0.2, 0) is 4.79 Å². The molecular weight excluding hydrogens is 148 g/mol. The molecule has 1 aliphatic carbocycles. The maximum Gasteiger partial charge on any atom is 0.159 e. The first-order valence-corrected chi connectivity index (χ1v) is 3.67. The second-order valence-corrected chi connectivity index (χ2v) is 2.89. The Kier molecular flexibility index (Phi) is 2.28. The van der Waals surface area contributed by atoms with Gasteiger partial charge in [-0.3, -0.25) is 4.79 Å². The van der Waals surface area contributed by atoms with E-state index in [0.717, 1.165) is 12.0 Å². The van der Waals surface area contributed by atoms with Crippen molar-refractivity contribution in [2.45, 2.75) is 18.7 Å². The van der Waals surface area contributed by atoms with Gasteiger partial charge in [0.05, 0.1) is 5.38 Å². The number of halogens is 1. The normalized spacial score (nSPS) is 24.2. The molecule has 0 saturated heterocycles. The van der Waals surface area contributed by atoms with E-state index in [1.165, 1.54) is 0 Å². The Hall–Kier alpha value is -0.560. The molecule has 0 spiro atoms. The summed E-state index contributed by atoms with van der Waals surface area (Å²) in [4.78, 5) is 10.7. The molecule has 0 radical (unpaired) electrons. The van der Waals surface area contributed by atoms with E-state index in [4.69, 9.17) is 11.6 Å². The van der Waals surface area contributed by atoms with Crippen LogP contribution in [0.1, 0.15) is 13.3 Å². The molecule has 0 bridgehead atoms. The van der Waals surface area contributed by atoms with Crippen molar-refractivity contribution in [1.29, 1.82) is 0 Å². The molecule has 1 nitrogen and oxygen atoms in total. The fourth-order valence-corrected chi connectivity index (χ4v) is 1.02. The van der Waals surface area contributed by atoms with Crippen LogP contribution in [-0.4, -0.2) is 11.2 Å². The highest BCUT2D eigenvalue weighted by molar-refractivity contribution is 6.22. The second kappa shape index (κ2) is 3.02. The monoisotopic (exact) mass is 156 g/mol. The molecular formula is C8H9ClO. The zero-order chi connectivity index (χ0) is 7.56. The van der Waals surface area contributed by atoms with Gasteiger partial charge in [-0.15, -0.1) is 11.6 Å². The number of carbonyl (C=O) groups excluding carboxylic acids is 1. The van der Waals surface area contributed by atoms with E-state index in [2.05, 4.69) is 0 Å². The van der Waals surface area contributed by atoms with Crippen LogP contribution < -0.4 is 0 Å². The zero-order valence-electron chi connectivity index (χ0n) is 5.80. The summed E-state index contributed by atoms with van der Waals surface area (Å²) in [5.41, 5.74) is 0.775. The third-order valence-electron chi connectivity index (χ3n) is 1.45. The fourth-order valence-electron chi connectivity index (χ4n) is 0.855. The van der Waals surface area contributed by atoms with Crippen molar-refractivity contribution >= 4 is 17.4 Å². The van der Waals surface area contributed by atoms with Gasteiger partial charge in [0.1, 0.15) is 0 Å². The van der Waals surface area contributed by atoms with E-state index in [9.17, 15) is 4.79 Å². The van der Waals surface area contributed by atoms with Crippen LogP contribution in [0.5, 0.6) is 0 Å². The highest BCUT2D eigenvalue weighted by atomic mass is 35.5. The second-order valence-electron chi connectivity index (χ2n) is 2.33. The number of alkyl halides is 1. The standard InChI is InChI=1S/C8H9ClO/c1-6(10)7-2-4-8(9)5-3-7/h2-4,8H,5H2,1H3. The first-order valence-electron chi connectivity index (χ1n) is 3.23. The third kappa shape index (κ3) is 1.71. The maximum atomic E-state index is 10.7. The van der Waals surface area contributed by atoms with Crippen molar-refractivity contribution in [3.05, 3.63) is 23.8 Å².